The maximum absolute atomic E-state index is 11.8. The van der Waals surface area contributed by atoms with Gasteiger partial charge < -0.3 is 26.3 Å². The van der Waals surface area contributed by atoms with Crippen LogP contribution >= 0.6 is 0 Å². The van der Waals surface area contributed by atoms with Crippen LogP contribution in [-0.4, -0.2) is 39.9 Å². The summed E-state index contributed by atoms with van der Waals surface area (Å²) in [5.74, 6) is 2.86. The normalized spacial score (nSPS) is 13.0. The van der Waals surface area contributed by atoms with Crippen LogP contribution in [0.3, 0.4) is 0 Å². The van der Waals surface area contributed by atoms with Gasteiger partial charge in [-0.1, -0.05) is 52.2 Å². The molecule has 1 amide bonds. The topological polar surface area (TPSA) is 107 Å². The lowest BCUT2D eigenvalue weighted by atomic mass is 10.0. The van der Waals surface area contributed by atoms with Crippen molar-refractivity contribution in [2.45, 2.75) is 65.2 Å². The van der Waals surface area contributed by atoms with Gasteiger partial charge in [0.15, 0.2) is 0 Å². The number of benzene rings is 1. The molecule has 1 unspecified atom stereocenters. The zero-order valence-electron chi connectivity index (χ0n) is 21.2. The molecule has 2 atom stereocenters. The first-order chi connectivity index (χ1) is 15.6. The first-order valence-corrected chi connectivity index (χ1v) is 11.5. The lowest BCUT2D eigenvalue weighted by molar-refractivity contribution is -0.121. The van der Waals surface area contributed by atoms with Crippen LogP contribution < -0.4 is 21.5 Å². The molecule has 5 N–H and O–H groups in total. The van der Waals surface area contributed by atoms with Crippen LogP contribution in [0.15, 0.2) is 37.4 Å². The Bertz CT molecular complexity index is 532. The summed E-state index contributed by atoms with van der Waals surface area (Å²) in [4.78, 5) is 19.8. The van der Waals surface area contributed by atoms with E-state index < -0.39 is 0 Å². The SMILES string of the molecule is C=C.C=O.CCCC(C)COc1ccc([C@@H](C)CNC(=O)CCC2CC2)cc1.CN.CN. The number of amides is 1. The summed E-state index contributed by atoms with van der Waals surface area (Å²) in [6, 6.07) is 8.31. The molecule has 0 heterocycles. The van der Waals surface area contributed by atoms with E-state index in [1.165, 1.54) is 45.3 Å². The molecule has 1 aliphatic rings. The minimum Gasteiger partial charge on any atom is -0.493 e. The van der Waals surface area contributed by atoms with Gasteiger partial charge in [-0.2, -0.15) is 0 Å². The number of rotatable bonds is 11. The second-order valence-corrected chi connectivity index (χ2v) is 7.46. The molecule has 1 aromatic carbocycles. The molecule has 2 rings (SSSR count). The molecule has 0 aliphatic heterocycles. The Morgan fingerprint density at radius 3 is 2.09 bits per heavy atom. The van der Waals surface area contributed by atoms with Crippen LogP contribution in [0.4, 0.5) is 0 Å². The molecule has 0 saturated heterocycles. The highest BCUT2D eigenvalue weighted by Crippen LogP contribution is 2.33. The van der Waals surface area contributed by atoms with E-state index in [9.17, 15) is 4.79 Å². The summed E-state index contributed by atoms with van der Waals surface area (Å²) in [6.07, 6.45) is 6.77. The lowest BCUT2D eigenvalue weighted by Gasteiger charge is -2.15. The Morgan fingerprint density at radius 2 is 1.62 bits per heavy atom. The molecule has 1 aliphatic carbocycles. The van der Waals surface area contributed by atoms with E-state index in [4.69, 9.17) is 9.53 Å². The molecular weight excluding hydrogens is 402 g/mol. The standard InChI is InChI=1S/C21H33NO2.C2H4.2CH5N.CH2O/c1-4-5-16(2)15-24-20-11-9-19(10-12-20)17(3)14-22-21(23)13-8-18-6-7-18;4*1-2/h9-12,16-18H,4-8,13-15H2,1-3H3,(H,22,23);1-2H2;2*2H2,1H3;1H2/t16?,17-;;;;/m0..../s1. The van der Waals surface area contributed by atoms with Crippen LogP contribution in [0.1, 0.15) is 70.8 Å². The Hall–Kier alpha value is -2.18. The van der Waals surface area contributed by atoms with Gasteiger partial charge in [-0.3, -0.25) is 4.79 Å². The monoisotopic (exact) mass is 451 g/mol. The summed E-state index contributed by atoms with van der Waals surface area (Å²) in [5.41, 5.74) is 10.2. The molecule has 1 saturated carbocycles. The fraction of sp³-hybridized carbons (Fsp3) is 0.615. The quantitative estimate of drug-likeness (QED) is 0.423. The number of nitrogens with two attached hydrogens (primary N) is 2. The third-order valence-corrected chi connectivity index (χ3v) is 4.85. The molecule has 32 heavy (non-hydrogen) atoms. The zero-order chi connectivity index (χ0) is 25.4. The Kier molecular flexibility index (Phi) is 27.0. The van der Waals surface area contributed by atoms with Crippen molar-refractivity contribution in [3.05, 3.63) is 43.0 Å². The maximum Gasteiger partial charge on any atom is 0.220 e. The highest BCUT2D eigenvalue weighted by molar-refractivity contribution is 5.75. The van der Waals surface area contributed by atoms with Gasteiger partial charge in [-0.15, -0.1) is 13.2 Å². The van der Waals surface area contributed by atoms with Crippen molar-refractivity contribution in [2.24, 2.45) is 23.3 Å². The van der Waals surface area contributed by atoms with Crippen molar-refractivity contribution in [1.82, 2.24) is 5.32 Å². The van der Waals surface area contributed by atoms with E-state index in [1.807, 2.05) is 18.9 Å². The van der Waals surface area contributed by atoms with E-state index >= 15 is 0 Å². The molecule has 1 fully saturated rings. The molecule has 1 aromatic rings. The van der Waals surface area contributed by atoms with E-state index in [1.54, 1.807) is 0 Å². The average Bonchev–Trinajstić information content (AvgIpc) is 3.70. The number of nitrogens with one attached hydrogen (secondary N) is 1. The van der Waals surface area contributed by atoms with Crippen LogP contribution in [0, 0.1) is 11.8 Å². The Labute approximate surface area is 197 Å². The second kappa shape index (κ2) is 25.1. The summed E-state index contributed by atoms with van der Waals surface area (Å²) in [6.45, 7) is 16.1. The Morgan fingerprint density at radius 1 is 1.09 bits per heavy atom. The third kappa shape index (κ3) is 18.6. The van der Waals surface area contributed by atoms with Gasteiger partial charge in [0.1, 0.15) is 12.5 Å². The molecule has 6 heteroatoms. The van der Waals surface area contributed by atoms with Crippen molar-refractivity contribution in [1.29, 1.82) is 0 Å². The van der Waals surface area contributed by atoms with E-state index in [-0.39, 0.29) is 5.91 Å². The molecule has 0 aromatic heterocycles. The number of hydrogen-bond acceptors (Lipinski definition) is 5. The largest absolute Gasteiger partial charge is 0.493 e. The van der Waals surface area contributed by atoms with E-state index in [0.717, 1.165) is 24.7 Å². The molecule has 0 spiro atoms. The lowest BCUT2D eigenvalue weighted by Crippen LogP contribution is -2.27. The number of hydrogen-bond donors (Lipinski definition) is 3. The van der Waals surface area contributed by atoms with Crippen LogP contribution in [-0.2, 0) is 9.59 Å². The molecular formula is C26H49N3O3. The molecule has 0 radical (unpaired) electrons. The van der Waals surface area contributed by atoms with Crippen LogP contribution in [0.2, 0.25) is 0 Å². The molecule has 186 valence electrons. The molecule has 6 nitrogen and oxygen atoms in total. The van der Waals surface area contributed by atoms with Gasteiger partial charge in [0, 0.05) is 13.0 Å². The summed E-state index contributed by atoms with van der Waals surface area (Å²) in [7, 11) is 3.00. The van der Waals surface area contributed by atoms with E-state index in [0.29, 0.717) is 24.8 Å². The smallest absolute Gasteiger partial charge is 0.220 e. The zero-order valence-corrected chi connectivity index (χ0v) is 21.2. The van der Waals surface area contributed by atoms with Gasteiger partial charge in [0.2, 0.25) is 5.91 Å². The predicted octanol–water partition coefficient (Wildman–Crippen LogP) is 4.68. The minimum absolute atomic E-state index is 0.193. The summed E-state index contributed by atoms with van der Waals surface area (Å²) in [5, 5.41) is 3.06. The third-order valence-electron chi connectivity index (χ3n) is 4.85. The van der Waals surface area contributed by atoms with Gasteiger partial charge in [0.05, 0.1) is 6.61 Å². The van der Waals surface area contributed by atoms with Crippen molar-refractivity contribution in [3.63, 3.8) is 0 Å². The van der Waals surface area contributed by atoms with Crippen molar-refractivity contribution < 1.29 is 14.3 Å². The fourth-order valence-electron chi connectivity index (χ4n) is 2.92. The number of ether oxygens (including phenoxy) is 1. The van der Waals surface area contributed by atoms with Gasteiger partial charge in [-0.25, -0.2) is 0 Å². The van der Waals surface area contributed by atoms with E-state index in [2.05, 4.69) is 62.8 Å². The van der Waals surface area contributed by atoms with Crippen LogP contribution in [0.25, 0.3) is 0 Å². The fourth-order valence-corrected chi connectivity index (χ4v) is 2.92. The minimum atomic E-state index is 0.193. The Balaban J connectivity index is -0.000000945. The second-order valence-electron chi connectivity index (χ2n) is 7.46. The number of carbonyl (C=O) groups is 2. The highest BCUT2D eigenvalue weighted by Gasteiger charge is 2.21. The average molecular weight is 452 g/mol. The van der Waals surface area contributed by atoms with Crippen LogP contribution in [0.5, 0.6) is 5.75 Å². The number of carbonyl (C=O) groups excluding carboxylic acids is 2. The maximum atomic E-state index is 11.8. The van der Waals surface area contributed by atoms with Gasteiger partial charge in [-0.05, 0) is 62.4 Å². The van der Waals surface area contributed by atoms with Gasteiger partial charge in [0.25, 0.3) is 0 Å². The van der Waals surface area contributed by atoms with Crippen molar-refractivity contribution in [3.8, 4) is 5.75 Å². The van der Waals surface area contributed by atoms with Crippen molar-refractivity contribution in [2.75, 3.05) is 27.2 Å². The predicted molar refractivity (Wildman–Crippen MR) is 138 cm³/mol. The highest BCUT2D eigenvalue weighted by atomic mass is 16.5. The van der Waals surface area contributed by atoms with Crippen molar-refractivity contribution >= 4 is 12.7 Å². The first kappa shape index (κ1) is 34.4. The summed E-state index contributed by atoms with van der Waals surface area (Å²) < 4.78 is 5.84. The summed E-state index contributed by atoms with van der Waals surface area (Å²) >= 11 is 0. The first-order valence-electron chi connectivity index (χ1n) is 11.5. The molecule has 0 bridgehead atoms. The van der Waals surface area contributed by atoms with Gasteiger partial charge >= 0.3 is 0 Å².